The van der Waals surface area contributed by atoms with Crippen LogP contribution in [0.25, 0.3) is 0 Å². The third-order valence-corrected chi connectivity index (χ3v) is 7.88. The summed E-state index contributed by atoms with van der Waals surface area (Å²) in [5.41, 5.74) is 1.76. The smallest absolute Gasteiger partial charge is 0.490 e. The summed E-state index contributed by atoms with van der Waals surface area (Å²) in [6, 6.07) is 10.5. The van der Waals surface area contributed by atoms with E-state index in [1.807, 2.05) is 6.07 Å². The Bertz CT molecular complexity index is 1230. The molecule has 2 amide bonds. The molecule has 1 aliphatic heterocycles. The molecule has 2 fully saturated rings. The fourth-order valence-electron chi connectivity index (χ4n) is 5.74. The van der Waals surface area contributed by atoms with Crippen LogP contribution in [0.15, 0.2) is 36.4 Å². The minimum Gasteiger partial charge on any atom is -0.493 e. The fourth-order valence-corrected chi connectivity index (χ4v) is 5.92. The first-order valence-corrected chi connectivity index (χ1v) is 13.5. The molecular formula is C28H34ClF4N3O5. The number of ether oxygens (including phenoxy) is 2. The predicted octanol–water partition coefficient (Wildman–Crippen LogP) is 6.23. The van der Waals surface area contributed by atoms with Crippen LogP contribution in [-0.2, 0) is 10.2 Å². The summed E-state index contributed by atoms with van der Waals surface area (Å²) in [6.45, 7) is 4.28. The predicted molar refractivity (Wildman–Crippen MR) is 146 cm³/mol. The van der Waals surface area contributed by atoms with Gasteiger partial charge in [0.25, 0.3) is 0 Å². The summed E-state index contributed by atoms with van der Waals surface area (Å²) in [4.78, 5) is 24.1. The van der Waals surface area contributed by atoms with Gasteiger partial charge < -0.3 is 25.2 Å². The standard InChI is InChI=1S/C26H33ClFN3O3.C2HF3O2/c1-4-12-31-13-11-26(17-5-8-22(33-2)23(14-17)34-3)10-9-19(16-24(26)31)30-25(32)29-18-6-7-21(28)20(27)15-18;3-2(4,5)1(6)7/h5-8,14-15,19,24H,4,9-13,16H2,1-3H3,(H2,29,30,32);(H,6,7)/t19-,24+,26+;/m1./s1. The molecule has 4 rings (SSSR count). The number of nitrogens with one attached hydrogen (secondary N) is 2. The summed E-state index contributed by atoms with van der Waals surface area (Å²) >= 11 is 5.84. The van der Waals surface area contributed by atoms with E-state index in [2.05, 4.69) is 34.6 Å². The van der Waals surface area contributed by atoms with Gasteiger partial charge in [-0.2, -0.15) is 13.2 Å². The number of hydrogen-bond donors (Lipinski definition) is 3. The lowest BCUT2D eigenvalue weighted by molar-refractivity contribution is -0.192. The number of carboxylic acid groups (broad SMARTS) is 1. The second kappa shape index (κ2) is 13.6. The molecule has 8 nitrogen and oxygen atoms in total. The SMILES string of the molecule is CCCN1CC[C@]2(c3ccc(OC)c(OC)c3)CC[C@@H](NC(=O)Nc3ccc(F)c(Cl)c3)C[C@H]12.O=C(O)C(F)(F)F. The maximum absolute atomic E-state index is 13.4. The number of amides is 2. The second-order valence-corrected chi connectivity index (χ2v) is 10.4. The number of fused-ring (bicyclic) bond motifs is 1. The van der Waals surface area contributed by atoms with E-state index in [0.717, 1.165) is 56.7 Å². The van der Waals surface area contributed by atoms with E-state index in [1.54, 1.807) is 14.2 Å². The van der Waals surface area contributed by atoms with Crippen LogP contribution in [-0.4, -0.2) is 67.6 Å². The number of nitrogens with zero attached hydrogens (tertiary/aromatic N) is 1. The van der Waals surface area contributed by atoms with Crippen molar-refractivity contribution in [3.63, 3.8) is 0 Å². The van der Waals surface area contributed by atoms with E-state index in [4.69, 9.17) is 31.0 Å². The van der Waals surface area contributed by atoms with Crippen LogP contribution in [0.5, 0.6) is 11.5 Å². The van der Waals surface area contributed by atoms with Crippen LogP contribution in [0.3, 0.4) is 0 Å². The molecule has 0 bridgehead atoms. The summed E-state index contributed by atoms with van der Waals surface area (Å²) in [5, 5.41) is 13.0. The number of rotatable bonds is 7. The number of alkyl halides is 3. The Morgan fingerprint density at radius 1 is 1.12 bits per heavy atom. The summed E-state index contributed by atoms with van der Waals surface area (Å²) in [5.74, 6) is -1.79. The fraction of sp³-hybridized carbons (Fsp3) is 0.500. The second-order valence-electron chi connectivity index (χ2n) is 10.0. The molecule has 1 saturated heterocycles. The zero-order chi connectivity index (χ0) is 30.4. The highest BCUT2D eigenvalue weighted by molar-refractivity contribution is 6.31. The molecule has 0 unspecified atom stereocenters. The first-order valence-electron chi connectivity index (χ1n) is 13.1. The lowest BCUT2D eigenvalue weighted by Crippen LogP contribution is -2.53. The molecule has 2 aromatic rings. The Balaban J connectivity index is 0.000000587. The number of carbonyl (C=O) groups is 2. The topological polar surface area (TPSA) is 100 Å². The van der Waals surface area contributed by atoms with Crippen molar-refractivity contribution in [1.82, 2.24) is 10.2 Å². The molecule has 2 aliphatic rings. The minimum absolute atomic E-state index is 0.0173. The molecule has 226 valence electrons. The number of anilines is 1. The Labute approximate surface area is 240 Å². The van der Waals surface area contributed by atoms with Gasteiger partial charge in [-0.25, -0.2) is 14.0 Å². The summed E-state index contributed by atoms with van der Waals surface area (Å²) < 4.78 is 56.2. The molecule has 0 spiro atoms. The van der Waals surface area contributed by atoms with E-state index in [1.165, 1.54) is 23.8 Å². The Morgan fingerprint density at radius 2 is 1.80 bits per heavy atom. The highest BCUT2D eigenvalue weighted by atomic mass is 35.5. The van der Waals surface area contributed by atoms with Gasteiger partial charge in [0.15, 0.2) is 11.5 Å². The van der Waals surface area contributed by atoms with Crippen LogP contribution in [0.4, 0.5) is 28.0 Å². The summed E-state index contributed by atoms with van der Waals surface area (Å²) in [6.07, 6.45) is -0.197. The highest BCUT2D eigenvalue weighted by Crippen LogP contribution is 2.50. The molecular weight excluding hydrogens is 570 g/mol. The molecule has 1 aliphatic carbocycles. The van der Waals surface area contributed by atoms with Crippen LogP contribution in [0, 0.1) is 5.82 Å². The van der Waals surface area contributed by atoms with E-state index < -0.39 is 18.0 Å². The number of halogens is 5. The highest BCUT2D eigenvalue weighted by Gasteiger charge is 2.51. The molecule has 3 atom stereocenters. The van der Waals surface area contributed by atoms with Crippen molar-refractivity contribution >= 4 is 29.3 Å². The first-order chi connectivity index (χ1) is 19.3. The molecule has 2 aromatic carbocycles. The number of urea groups is 1. The van der Waals surface area contributed by atoms with Gasteiger partial charge in [0.1, 0.15) is 5.82 Å². The van der Waals surface area contributed by atoms with Crippen molar-refractivity contribution in [2.75, 3.05) is 32.6 Å². The van der Waals surface area contributed by atoms with Crippen molar-refractivity contribution in [2.45, 2.75) is 62.7 Å². The van der Waals surface area contributed by atoms with Crippen molar-refractivity contribution in [1.29, 1.82) is 0 Å². The number of benzene rings is 2. The maximum Gasteiger partial charge on any atom is 0.490 e. The molecule has 1 heterocycles. The monoisotopic (exact) mass is 603 g/mol. The lowest BCUT2D eigenvalue weighted by atomic mass is 9.65. The normalized spacial score (nSPS) is 22.1. The van der Waals surface area contributed by atoms with Crippen molar-refractivity contribution in [3.8, 4) is 11.5 Å². The minimum atomic E-state index is -5.08. The third kappa shape index (κ3) is 7.73. The van der Waals surface area contributed by atoms with Crippen molar-refractivity contribution in [2.24, 2.45) is 0 Å². The molecule has 3 N–H and O–H groups in total. The average Bonchev–Trinajstić information content (AvgIpc) is 3.29. The van der Waals surface area contributed by atoms with Crippen molar-refractivity contribution < 1.29 is 41.7 Å². The van der Waals surface area contributed by atoms with E-state index in [9.17, 15) is 22.4 Å². The van der Waals surface area contributed by atoms with Gasteiger partial charge in [-0.1, -0.05) is 24.6 Å². The van der Waals surface area contributed by atoms with Crippen LogP contribution in [0.2, 0.25) is 5.02 Å². The van der Waals surface area contributed by atoms with E-state index >= 15 is 0 Å². The first kappa shape index (κ1) is 32.3. The quantitative estimate of drug-likeness (QED) is 0.325. The maximum atomic E-state index is 13.4. The molecule has 41 heavy (non-hydrogen) atoms. The number of methoxy groups -OCH3 is 2. The molecule has 1 saturated carbocycles. The van der Waals surface area contributed by atoms with Gasteiger partial charge in [0.2, 0.25) is 0 Å². The Kier molecular flexibility index (Phi) is 10.7. The molecule has 0 radical (unpaired) electrons. The number of hydrogen-bond acceptors (Lipinski definition) is 5. The zero-order valence-corrected chi connectivity index (χ0v) is 23.7. The average molecular weight is 604 g/mol. The lowest BCUT2D eigenvalue weighted by Gasteiger charge is -2.45. The number of carboxylic acids is 1. The third-order valence-electron chi connectivity index (χ3n) is 7.59. The van der Waals surface area contributed by atoms with Gasteiger partial charge in [0.05, 0.1) is 19.2 Å². The van der Waals surface area contributed by atoms with Gasteiger partial charge in [-0.3, -0.25) is 4.90 Å². The van der Waals surface area contributed by atoms with Gasteiger partial charge in [-0.15, -0.1) is 0 Å². The van der Waals surface area contributed by atoms with Gasteiger partial charge in [-0.05, 0) is 81.1 Å². The Morgan fingerprint density at radius 3 is 2.39 bits per heavy atom. The number of likely N-dealkylation sites (tertiary alicyclic amines) is 1. The molecule has 0 aromatic heterocycles. The number of aliphatic carboxylic acids is 1. The largest absolute Gasteiger partial charge is 0.493 e. The van der Waals surface area contributed by atoms with Crippen LogP contribution < -0.4 is 20.1 Å². The Hall–Kier alpha value is -3.25. The van der Waals surface area contributed by atoms with Crippen molar-refractivity contribution in [3.05, 3.63) is 52.8 Å². The van der Waals surface area contributed by atoms with Gasteiger partial charge in [0, 0.05) is 23.2 Å². The number of carbonyl (C=O) groups excluding carboxylic acids is 1. The van der Waals surface area contributed by atoms with Gasteiger partial charge >= 0.3 is 18.2 Å². The van der Waals surface area contributed by atoms with E-state index in [0.29, 0.717) is 11.7 Å². The zero-order valence-electron chi connectivity index (χ0n) is 23.0. The van der Waals surface area contributed by atoms with Crippen LogP contribution >= 0.6 is 11.6 Å². The summed E-state index contributed by atoms with van der Waals surface area (Å²) in [7, 11) is 3.32. The van der Waals surface area contributed by atoms with Crippen LogP contribution in [0.1, 0.15) is 44.6 Å². The van der Waals surface area contributed by atoms with E-state index in [-0.39, 0.29) is 22.5 Å². The molecule has 13 heteroatoms.